The summed E-state index contributed by atoms with van der Waals surface area (Å²) in [6.07, 6.45) is 0. The Morgan fingerprint density at radius 3 is 2.17 bits per heavy atom. The molecule has 0 aliphatic carbocycles. The number of H-pyrrole nitrogens is 1. The van der Waals surface area contributed by atoms with Gasteiger partial charge in [-0.25, -0.2) is 12.8 Å². The van der Waals surface area contributed by atoms with E-state index in [9.17, 15) is 12.8 Å². The zero-order chi connectivity index (χ0) is 21.1. The van der Waals surface area contributed by atoms with E-state index in [1.165, 1.54) is 12.1 Å². The maximum absolute atomic E-state index is 13.0. The van der Waals surface area contributed by atoms with Gasteiger partial charge in [0.05, 0.1) is 10.6 Å². The van der Waals surface area contributed by atoms with E-state index in [0.717, 1.165) is 29.1 Å². The molecule has 1 aromatic heterocycles. The van der Waals surface area contributed by atoms with Gasteiger partial charge in [-0.3, -0.25) is 9.82 Å². The number of hydrogen-bond acceptors (Lipinski definition) is 5. The van der Waals surface area contributed by atoms with Gasteiger partial charge in [-0.1, -0.05) is 12.1 Å². The molecule has 0 unspecified atom stereocenters. The summed E-state index contributed by atoms with van der Waals surface area (Å²) in [7, 11) is -3.80. The van der Waals surface area contributed by atoms with E-state index < -0.39 is 15.8 Å². The molecule has 5 N–H and O–H groups in total. The Balaban J connectivity index is 1.44. The molecule has 0 aliphatic heterocycles. The monoisotopic (exact) mass is 423 g/mol. The summed E-state index contributed by atoms with van der Waals surface area (Å²) in [5.74, 6) is 0.115. The first-order chi connectivity index (χ1) is 14.4. The van der Waals surface area contributed by atoms with Gasteiger partial charge in [0.2, 0.25) is 0 Å². The lowest BCUT2D eigenvalue weighted by Crippen LogP contribution is -2.12. The molecule has 9 heteroatoms. The number of nitrogen functional groups attached to an aromatic ring is 1. The summed E-state index contributed by atoms with van der Waals surface area (Å²) in [6.45, 7) is 0. The van der Waals surface area contributed by atoms with E-state index in [1.54, 1.807) is 24.3 Å². The summed E-state index contributed by atoms with van der Waals surface area (Å²) >= 11 is 0. The molecule has 152 valence electrons. The van der Waals surface area contributed by atoms with Crippen LogP contribution in [0.2, 0.25) is 0 Å². The predicted octanol–water partition coefficient (Wildman–Crippen LogP) is 4.34. The summed E-state index contributed by atoms with van der Waals surface area (Å²) in [5, 5.41) is 10.3. The van der Waals surface area contributed by atoms with Gasteiger partial charge in [-0.2, -0.15) is 5.10 Å². The van der Waals surface area contributed by atoms with Crippen molar-refractivity contribution in [1.82, 2.24) is 10.2 Å². The van der Waals surface area contributed by atoms with Crippen molar-refractivity contribution in [2.24, 2.45) is 0 Å². The van der Waals surface area contributed by atoms with Crippen molar-refractivity contribution in [3.05, 3.63) is 84.7 Å². The molecule has 0 atom stereocenters. The molecule has 0 saturated carbocycles. The zero-order valence-corrected chi connectivity index (χ0v) is 16.4. The van der Waals surface area contributed by atoms with Crippen molar-refractivity contribution in [3.8, 4) is 11.3 Å². The Kier molecular flexibility index (Phi) is 5.11. The molecular weight excluding hydrogens is 405 g/mol. The molecule has 0 radical (unpaired) electrons. The SMILES string of the molecule is Nc1ccc(-c2cc(Nc3ccc(NS(=O)(=O)c4ccc(F)cc4)cc3)n[nH]2)cc1. The lowest BCUT2D eigenvalue weighted by atomic mass is 10.1. The first kappa shape index (κ1) is 19.5. The Morgan fingerprint density at radius 2 is 1.50 bits per heavy atom. The number of nitrogens with two attached hydrogens (primary N) is 1. The highest BCUT2D eigenvalue weighted by Gasteiger charge is 2.14. The number of hydrogen-bond donors (Lipinski definition) is 4. The van der Waals surface area contributed by atoms with Gasteiger partial charge < -0.3 is 11.1 Å². The number of halogens is 1. The highest BCUT2D eigenvalue weighted by molar-refractivity contribution is 7.92. The lowest BCUT2D eigenvalue weighted by Gasteiger charge is -2.09. The maximum atomic E-state index is 13.0. The molecule has 0 fully saturated rings. The number of sulfonamides is 1. The van der Waals surface area contributed by atoms with Crippen LogP contribution in [0, 0.1) is 5.82 Å². The van der Waals surface area contributed by atoms with Gasteiger partial charge in [0, 0.05) is 23.1 Å². The fourth-order valence-electron chi connectivity index (χ4n) is 2.79. The average Bonchev–Trinajstić information content (AvgIpc) is 3.19. The van der Waals surface area contributed by atoms with Crippen LogP contribution in [-0.2, 0) is 10.0 Å². The molecule has 0 aliphatic rings. The number of aromatic nitrogens is 2. The number of benzene rings is 3. The second-order valence-corrected chi connectivity index (χ2v) is 8.23. The Hall–Kier alpha value is -3.85. The van der Waals surface area contributed by atoms with Gasteiger partial charge in [0.25, 0.3) is 10.0 Å². The number of rotatable bonds is 6. The number of anilines is 4. The standard InChI is InChI=1S/C21H18FN5O2S/c22-15-3-11-19(12-4-15)30(28,29)27-18-9-7-17(8-10-18)24-21-13-20(25-26-21)14-1-5-16(23)6-2-14/h1-13,27H,23H2,(H2,24,25,26). The van der Waals surface area contributed by atoms with E-state index in [1.807, 2.05) is 30.3 Å². The predicted molar refractivity (Wildman–Crippen MR) is 115 cm³/mol. The third kappa shape index (κ3) is 4.41. The second kappa shape index (κ2) is 7.88. The number of nitrogens with one attached hydrogen (secondary N) is 3. The van der Waals surface area contributed by atoms with Crippen molar-refractivity contribution in [3.63, 3.8) is 0 Å². The van der Waals surface area contributed by atoms with E-state index in [2.05, 4.69) is 20.2 Å². The fourth-order valence-corrected chi connectivity index (χ4v) is 3.85. The van der Waals surface area contributed by atoms with Crippen LogP contribution in [0.25, 0.3) is 11.3 Å². The average molecular weight is 423 g/mol. The van der Waals surface area contributed by atoms with Crippen LogP contribution in [0.3, 0.4) is 0 Å². The lowest BCUT2D eigenvalue weighted by molar-refractivity contribution is 0.599. The third-order valence-electron chi connectivity index (χ3n) is 4.33. The van der Waals surface area contributed by atoms with E-state index in [4.69, 9.17) is 5.73 Å². The van der Waals surface area contributed by atoms with Crippen LogP contribution in [0.4, 0.5) is 27.3 Å². The summed E-state index contributed by atoms with van der Waals surface area (Å²) < 4.78 is 40.2. The fraction of sp³-hybridized carbons (Fsp3) is 0. The van der Waals surface area contributed by atoms with Crippen LogP contribution in [0.1, 0.15) is 0 Å². The molecule has 4 rings (SSSR count). The number of aromatic amines is 1. The van der Waals surface area contributed by atoms with Gasteiger partial charge >= 0.3 is 0 Å². The Labute approximate surface area is 172 Å². The van der Waals surface area contributed by atoms with Crippen molar-refractivity contribution in [2.45, 2.75) is 4.90 Å². The molecule has 0 saturated heterocycles. The van der Waals surface area contributed by atoms with Gasteiger partial charge in [-0.15, -0.1) is 0 Å². The molecule has 30 heavy (non-hydrogen) atoms. The Bertz CT molecular complexity index is 1250. The summed E-state index contributed by atoms with van der Waals surface area (Å²) in [5.41, 5.74) is 9.30. The third-order valence-corrected chi connectivity index (χ3v) is 5.73. The molecule has 3 aromatic carbocycles. The molecular formula is C21H18FN5O2S. The van der Waals surface area contributed by atoms with Crippen molar-refractivity contribution in [2.75, 3.05) is 15.8 Å². The number of nitrogens with zero attached hydrogens (tertiary/aromatic N) is 1. The van der Waals surface area contributed by atoms with Crippen LogP contribution >= 0.6 is 0 Å². The minimum Gasteiger partial charge on any atom is -0.399 e. The van der Waals surface area contributed by atoms with E-state index in [-0.39, 0.29) is 4.90 Å². The van der Waals surface area contributed by atoms with E-state index >= 15 is 0 Å². The van der Waals surface area contributed by atoms with Crippen molar-refractivity contribution in [1.29, 1.82) is 0 Å². The second-order valence-electron chi connectivity index (χ2n) is 6.55. The first-order valence-electron chi connectivity index (χ1n) is 8.96. The largest absolute Gasteiger partial charge is 0.399 e. The molecule has 1 heterocycles. The minimum atomic E-state index is -3.80. The van der Waals surface area contributed by atoms with Crippen molar-refractivity contribution >= 4 is 32.9 Å². The van der Waals surface area contributed by atoms with Gasteiger partial charge in [0.1, 0.15) is 5.82 Å². The maximum Gasteiger partial charge on any atom is 0.261 e. The van der Waals surface area contributed by atoms with Crippen LogP contribution in [-0.4, -0.2) is 18.6 Å². The summed E-state index contributed by atoms with van der Waals surface area (Å²) in [6, 6.07) is 20.6. The minimum absolute atomic E-state index is 0.0159. The molecule has 0 bridgehead atoms. The Morgan fingerprint density at radius 1 is 0.867 bits per heavy atom. The molecule has 7 nitrogen and oxygen atoms in total. The zero-order valence-electron chi connectivity index (χ0n) is 15.6. The van der Waals surface area contributed by atoms with Crippen LogP contribution < -0.4 is 15.8 Å². The molecule has 0 spiro atoms. The highest BCUT2D eigenvalue weighted by atomic mass is 32.2. The molecule has 0 amide bonds. The van der Waals surface area contributed by atoms with E-state index in [0.29, 0.717) is 17.2 Å². The molecule has 4 aromatic rings. The summed E-state index contributed by atoms with van der Waals surface area (Å²) in [4.78, 5) is -0.0159. The smallest absolute Gasteiger partial charge is 0.261 e. The quantitative estimate of drug-likeness (QED) is 0.345. The topological polar surface area (TPSA) is 113 Å². The van der Waals surface area contributed by atoms with Gasteiger partial charge in [-0.05, 0) is 66.2 Å². The van der Waals surface area contributed by atoms with Crippen molar-refractivity contribution < 1.29 is 12.8 Å². The normalized spacial score (nSPS) is 11.2. The van der Waals surface area contributed by atoms with Crippen LogP contribution in [0.5, 0.6) is 0 Å². The van der Waals surface area contributed by atoms with Crippen LogP contribution in [0.15, 0.2) is 83.8 Å². The van der Waals surface area contributed by atoms with Gasteiger partial charge in [0.15, 0.2) is 5.82 Å². The highest BCUT2D eigenvalue weighted by Crippen LogP contribution is 2.24. The first-order valence-corrected chi connectivity index (χ1v) is 10.4.